The molecule has 0 amide bonds. The number of sulfone groups is 1. The lowest BCUT2D eigenvalue weighted by molar-refractivity contribution is -0.150. The van der Waals surface area contributed by atoms with Gasteiger partial charge in [0.2, 0.25) is 0 Å². The minimum absolute atomic E-state index is 0.234. The molecule has 0 spiro atoms. The van der Waals surface area contributed by atoms with Crippen LogP contribution in [0.1, 0.15) is 26.2 Å². The van der Waals surface area contributed by atoms with Gasteiger partial charge in [0, 0.05) is 6.26 Å². The second-order valence-corrected chi connectivity index (χ2v) is 6.49. The molecule has 3 atom stereocenters. The molecule has 3 unspecified atom stereocenters. The van der Waals surface area contributed by atoms with Gasteiger partial charge in [-0.2, -0.15) is 0 Å². The molecule has 1 aliphatic carbocycles. The van der Waals surface area contributed by atoms with E-state index in [0.29, 0.717) is 12.8 Å². The van der Waals surface area contributed by atoms with Gasteiger partial charge in [-0.25, -0.2) is 8.42 Å². The van der Waals surface area contributed by atoms with Gasteiger partial charge in [-0.15, -0.1) is 0 Å². The summed E-state index contributed by atoms with van der Waals surface area (Å²) in [5.74, 6) is -2.22. The Bertz CT molecular complexity index is 361. The van der Waals surface area contributed by atoms with Crippen LogP contribution >= 0.6 is 0 Å². The highest BCUT2D eigenvalue weighted by Gasteiger charge is 2.52. The number of carbonyl (C=O) groups is 1. The summed E-state index contributed by atoms with van der Waals surface area (Å²) in [6.45, 7) is 1.35. The number of carboxylic acid groups (broad SMARTS) is 1. The second-order valence-electron chi connectivity index (χ2n) is 4.26. The van der Waals surface area contributed by atoms with Gasteiger partial charge in [0.15, 0.2) is 9.84 Å². The molecule has 0 aromatic rings. The van der Waals surface area contributed by atoms with E-state index in [1.165, 1.54) is 6.92 Å². The van der Waals surface area contributed by atoms with Gasteiger partial charge in [0.05, 0.1) is 16.8 Å². The van der Waals surface area contributed by atoms with Crippen LogP contribution in [-0.2, 0) is 14.6 Å². The van der Waals surface area contributed by atoms with Gasteiger partial charge in [-0.1, -0.05) is 0 Å². The van der Waals surface area contributed by atoms with Crippen molar-refractivity contribution in [2.45, 2.75) is 37.0 Å². The minimum atomic E-state index is -3.40. The van der Waals surface area contributed by atoms with E-state index >= 15 is 0 Å². The molecule has 0 heterocycles. The average Bonchev–Trinajstić information content (AvgIpc) is 2.46. The Kier molecular flexibility index (Phi) is 3.11. The SMILES string of the molecule is CC(C(=O)O)C1(O)CCCC1S(C)(=O)=O. The summed E-state index contributed by atoms with van der Waals surface area (Å²) in [6.07, 6.45) is 2.17. The van der Waals surface area contributed by atoms with E-state index in [2.05, 4.69) is 0 Å². The molecular weight excluding hydrogens is 220 g/mol. The molecule has 1 rings (SSSR count). The van der Waals surface area contributed by atoms with Crippen molar-refractivity contribution < 1.29 is 23.4 Å². The standard InChI is InChI=1S/C9H16O5S/c1-6(8(10)11)9(12)5-3-4-7(9)15(2,13)14/h6-7,12H,3-5H2,1-2H3,(H,10,11). The Hall–Kier alpha value is -0.620. The van der Waals surface area contributed by atoms with E-state index in [0.717, 1.165) is 6.26 Å². The van der Waals surface area contributed by atoms with Gasteiger partial charge in [-0.05, 0) is 26.2 Å². The number of hydrogen-bond acceptors (Lipinski definition) is 4. The van der Waals surface area contributed by atoms with Crippen molar-refractivity contribution in [2.75, 3.05) is 6.26 Å². The quantitative estimate of drug-likeness (QED) is 0.721. The highest BCUT2D eigenvalue weighted by molar-refractivity contribution is 7.91. The molecule has 1 saturated carbocycles. The van der Waals surface area contributed by atoms with Crippen molar-refractivity contribution in [3.05, 3.63) is 0 Å². The van der Waals surface area contributed by atoms with E-state index in [1.807, 2.05) is 0 Å². The first-order valence-corrected chi connectivity index (χ1v) is 6.79. The lowest BCUT2D eigenvalue weighted by atomic mass is 9.87. The first-order valence-electron chi connectivity index (χ1n) is 4.83. The van der Waals surface area contributed by atoms with E-state index < -0.39 is 32.6 Å². The third-order valence-electron chi connectivity index (χ3n) is 3.24. The molecule has 1 aliphatic rings. The van der Waals surface area contributed by atoms with E-state index in [9.17, 15) is 18.3 Å². The Labute approximate surface area is 89.0 Å². The normalized spacial score (nSPS) is 33.9. The maximum absolute atomic E-state index is 11.4. The molecule has 0 aromatic heterocycles. The second kappa shape index (κ2) is 3.75. The fourth-order valence-electron chi connectivity index (χ4n) is 2.28. The van der Waals surface area contributed by atoms with E-state index in [1.54, 1.807) is 0 Å². The van der Waals surface area contributed by atoms with Crippen molar-refractivity contribution in [1.82, 2.24) is 0 Å². The van der Waals surface area contributed by atoms with Crippen LogP contribution in [0.5, 0.6) is 0 Å². The van der Waals surface area contributed by atoms with Crippen LogP contribution < -0.4 is 0 Å². The molecule has 0 saturated heterocycles. The number of carboxylic acids is 1. The Morgan fingerprint density at radius 1 is 1.53 bits per heavy atom. The molecule has 0 bridgehead atoms. The molecule has 0 radical (unpaired) electrons. The van der Waals surface area contributed by atoms with Crippen molar-refractivity contribution >= 4 is 15.8 Å². The number of aliphatic hydroxyl groups is 1. The highest BCUT2D eigenvalue weighted by atomic mass is 32.2. The monoisotopic (exact) mass is 236 g/mol. The predicted molar refractivity (Wildman–Crippen MR) is 54.2 cm³/mol. The molecule has 5 nitrogen and oxygen atoms in total. The molecule has 88 valence electrons. The van der Waals surface area contributed by atoms with Crippen molar-refractivity contribution in [1.29, 1.82) is 0 Å². The summed E-state index contributed by atoms with van der Waals surface area (Å²) in [5, 5.41) is 18.1. The third-order valence-corrected chi connectivity index (χ3v) is 4.92. The summed E-state index contributed by atoms with van der Waals surface area (Å²) in [5.41, 5.74) is -1.61. The smallest absolute Gasteiger partial charge is 0.309 e. The zero-order valence-corrected chi connectivity index (χ0v) is 9.62. The van der Waals surface area contributed by atoms with Gasteiger partial charge < -0.3 is 10.2 Å². The molecule has 0 aromatic carbocycles. The summed E-state index contributed by atoms with van der Waals surface area (Å²) >= 11 is 0. The lowest BCUT2D eigenvalue weighted by Gasteiger charge is -2.32. The number of hydrogen-bond donors (Lipinski definition) is 2. The van der Waals surface area contributed by atoms with Gasteiger partial charge in [0.1, 0.15) is 0 Å². The van der Waals surface area contributed by atoms with Crippen LogP contribution in [0.2, 0.25) is 0 Å². The van der Waals surface area contributed by atoms with Crippen LogP contribution in [-0.4, -0.2) is 41.7 Å². The van der Waals surface area contributed by atoms with Crippen molar-refractivity contribution in [2.24, 2.45) is 5.92 Å². The van der Waals surface area contributed by atoms with Crippen molar-refractivity contribution in [3.8, 4) is 0 Å². The maximum atomic E-state index is 11.4. The van der Waals surface area contributed by atoms with Gasteiger partial charge in [0.25, 0.3) is 0 Å². The fraction of sp³-hybridized carbons (Fsp3) is 0.889. The Balaban J connectivity index is 3.07. The number of rotatable bonds is 3. The minimum Gasteiger partial charge on any atom is -0.481 e. The third kappa shape index (κ3) is 2.15. The predicted octanol–water partition coefficient (Wildman–Crippen LogP) is 0.0353. The molecule has 2 N–H and O–H groups in total. The summed E-state index contributed by atoms with van der Waals surface area (Å²) in [6, 6.07) is 0. The summed E-state index contributed by atoms with van der Waals surface area (Å²) < 4.78 is 22.8. The zero-order valence-electron chi connectivity index (χ0n) is 8.80. The van der Waals surface area contributed by atoms with Crippen LogP contribution in [0.3, 0.4) is 0 Å². The Morgan fingerprint density at radius 2 is 2.07 bits per heavy atom. The first-order chi connectivity index (χ1) is 6.69. The molecule has 15 heavy (non-hydrogen) atoms. The molecular formula is C9H16O5S. The van der Waals surface area contributed by atoms with E-state index in [-0.39, 0.29) is 6.42 Å². The maximum Gasteiger partial charge on any atom is 0.309 e. The lowest BCUT2D eigenvalue weighted by Crippen LogP contribution is -2.50. The van der Waals surface area contributed by atoms with Gasteiger partial charge in [-0.3, -0.25) is 4.79 Å². The van der Waals surface area contributed by atoms with Crippen molar-refractivity contribution in [3.63, 3.8) is 0 Å². The molecule has 0 aliphatic heterocycles. The van der Waals surface area contributed by atoms with E-state index in [4.69, 9.17) is 5.11 Å². The number of aliphatic carboxylic acids is 1. The van der Waals surface area contributed by atoms with Crippen LogP contribution in [0.25, 0.3) is 0 Å². The van der Waals surface area contributed by atoms with Gasteiger partial charge >= 0.3 is 5.97 Å². The van der Waals surface area contributed by atoms with Crippen LogP contribution in [0.15, 0.2) is 0 Å². The Morgan fingerprint density at radius 3 is 2.47 bits per heavy atom. The zero-order chi connectivity index (χ0) is 11.9. The topological polar surface area (TPSA) is 91.7 Å². The average molecular weight is 236 g/mol. The largest absolute Gasteiger partial charge is 0.481 e. The highest BCUT2D eigenvalue weighted by Crippen LogP contribution is 2.40. The summed E-state index contributed by atoms with van der Waals surface area (Å²) in [4.78, 5) is 10.8. The molecule has 1 fully saturated rings. The van der Waals surface area contributed by atoms with Crippen LogP contribution in [0, 0.1) is 5.92 Å². The summed E-state index contributed by atoms with van der Waals surface area (Å²) in [7, 11) is -3.40. The fourth-order valence-corrected chi connectivity index (χ4v) is 3.93. The first kappa shape index (κ1) is 12.4. The van der Waals surface area contributed by atoms with Crippen LogP contribution in [0.4, 0.5) is 0 Å². The molecule has 6 heteroatoms.